The lowest BCUT2D eigenvalue weighted by Gasteiger charge is -2.21. The zero-order valence-electron chi connectivity index (χ0n) is 10.9. The Hall–Kier alpha value is -2.10. The summed E-state index contributed by atoms with van der Waals surface area (Å²) in [5.41, 5.74) is 1.43. The second-order valence-corrected chi connectivity index (χ2v) is 4.78. The van der Waals surface area contributed by atoms with Crippen LogP contribution in [0.5, 0.6) is 0 Å². The predicted octanol–water partition coefficient (Wildman–Crippen LogP) is 2.41. The van der Waals surface area contributed by atoms with Gasteiger partial charge in [-0.2, -0.15) is 0 Å². The molecule has 4 heteroatoms. The maximum absolute atomic E-state index is 12.2. The molecule has 0 radical (unpaired) electrons. The maximum Gasteiger partial charge on any atom is 0.328 e. The van der Waals surface area contributed by atoms with Gasteiger partial charge < -0.3 is 10.0 Å². The fourth-order valence-corrected chi connectivity index (χ4v) is 2.31. The van der Waals surface area contributed by atoms with Crippen molar-refractivity contribution in [3.05, 3.63) is 41.5 Å². The van der Waals surface area contributed by atoms with E-state index in [1.165, 1.54) is 6.08 Å². The van der Waals surface area contributed by atoms with Gasteiger partial charge in [-0.3, -0.25) is 4.79 Å². The van der Waals surface area contributed by atoms with Gasteiger partial charge in [-0.1, -0.05) is 12.1 Å². The molecule has 1 aliphatic heterocycles. The summed E-state index contributed by atoms with van der Waals surface area (Å²) in [6, 6.07) is 7.31. The minimum absolute atomic E-state index is 0.0544. The van der Waals surface area contributed by atoms with Crippen molar-refractivity contribution < 1.29 is 14.7 Å². The number of rotatable bonds is 3. The zero-order chi connectivity index (χ0) is 13.8. The minimum atomic E-state index is -0.981. The van der Waals surface area contributed by atoms with Gasteiger partial charge in [0.05, 0.1) is 0 Å². The molecular formula is C15H17NO3. The Kier molecular flexibility index (Phi) is 4.00. The molecule has 1 saturated heterocycles. The molecule has 2 rings (SSSR count). The van der Waals surface area contributed by atoms with E-state index in [0.29, 0.717) is 11.6 Å². The molecule has 19 heavy (non-hydrogen) atoms. The Balaban J connectivity index is 2.09. The van der Waals surface area contributed by atoms with Crippen LogP contribution in [-0.2, 0) is 4.79 Å². The van der Waals surface area contributed by atoms with Gasteiger partial charge in [0.25, 0.3) is 5.91 Å². The van der Waals surface area contributed by atoms with Crippen molar-refractivity contribution in [1.29, 1.82) is 0 Å². The van der Waals surface area contributed by atoms with E-state index in [4.69, 9.17) is 5.11 Å². The van der Waals surface area contributed by atoms with Gasteiger partial charge in [-0.05, 0) is 43.5 Å². The normalized spacial score (nSPS) is 19.0. The molecule has 0 spiro atoms. The average molecular weight is 259 g/mol. The Morgan fingerprint density at radius 2 is 2.00 bits per heavy atom. The molecule has 1 unspecified atom stereocenters. The van der Waals surface area contributed by atoms with Crippen LogP contribution in [0.4, 0.5) is 0 Å². The summed E-state index contributed by atoms with van der Waals surface area (Å²) < 4.78 is 0. The topological polar surface area (TPSA) is 57.6 Å². The number of carbonyl (C=O) groups excluding carboxylic acids is 1. The number of carboxylic acids is 1. The lowest BCUT2D eigenvalue weighted by Crippen LogP contribution is -2.33. The van der Waals surface area contributed by atoms with Crippen molar-refractivity contribution in [3.8, 4) is 0 Å². The van der Waals surface area contributed by atoms with Gasteiger partial charge in [0.1, 0.15) is 0 Å². The number of hydrogen-bond donors (Lipinski definition) is 1. The number of amides is 1. The van der Waals surface area contributed by atoms with Gasteiger partial charge in [0.2, 0.25) is 0 Å². The maximum atomic E-state index is 12.2. The van der Waals surface area contributed by atoms with Crippen LogP contribution in [0.15, 0.2) is 30.3 Å². The second-order valence-electron chi connectivity index (χ2n) is 4.78. The van der Waals surface area contributed by atoms with Crippen LogP contribution >= 0.6 is 0 Å². The summed E-state index contributed by atoms with van der Waals surface area (Å²) >= 11 is 0. The first kappa shape index (κ1) is 13.3. The van der Waals surface area contributed by atoms with Crippen LogP contribution in [0.2, 0.25) is 0 Å². The Morgan fingerprint density at radius 3 is 2.53 bits per heavy atom. The third kappa shape index (κ3) is 3.22. The Bertz CT molecular complexity index is 505. The molecule has 0 aromatic heterocycles. The zero-order valence-corrected chi connectivity index (χ0v) is 10.9. The first-order valence-electron chi connectivity index (χ1n) is 6.40. The van der Waals surface area contributed by atoms with Gasteiger partial charge in [-0.25, -0.2) is 4.79 Å². The molecule has 1 heterocycles. The number of hydrogen-bond acceptors (Lipinski definition) is 2. The molecule has 0 bridgehead atoms. The molecule has 0 saturated carbocycles. The smallest absolute Gasteiger partial charge is 0.328 e. The summed E-state index contributed by atoms with van der Waals surface area (Å²) in [6.07, 6.45) is 4.71. The fraction of sp³-hybridized carbons (Fsp3) is 0.333. The second kappa shape index (κ2) is 5.69. The number of benzene rings is 1. The molecule has 1 aromatic rings. The average Bonchev–Trinajstić information content (AvgIpc) is 2.82. The molecule has 1 atom stereocenters. The van der Waals surface area contributed by atoms with Crippen molar-refractivity contribution in [2.75, 3.05) is 6.54 Å². The number of carbonyl (C=O) groups is 2. The van der Waals surface area contributed by atoms with Crippen LogP contribution in [0, 0.1) is 0 Å². The molecule has 1 amide bonds. The third-order valence-corrected chi connectivity index (χ3v) is 3.39. The number of nitrogens with zero attached hydrogens (tertiary/aromatic N) is 1. The summed E-state index contributed by atoms with van der Waals surface area (Å²) in [6.45, 7) is 2.88. The van der Waals surface area contributed by atoms with Crippen molar-refractivity contribution in [3.63, 3.8) is 0 Å². The fourth-order valence-electron chi connectivity index (χ4n) is 2.31. The molecule has 1 aliphatic rings. The standard InChI is InChI=1S/C15H17NO3/c1-11-3-2-10-16(11)15(19)13-7-4-12(5-8-13)6-9-14(17)18/h4-9,11H,2-3,10H2,1H3,(H,17,18). The van der Waals surface area contributed by atoms with E-state index in [0.717, 1.165) is 31.0 Å². The lowest BCUT2D eigenvalue weighted by atomic mass is 10.1. The van der Waals surface area contributed by atoms with Crippen molar-refractivity contribution in [2.45, 2.75) is 25.8 Å². The highest BCUT2D eigenvalue weighted by Crippen LogP contribution is 2.19. The first-order valence-corrected chi connectivity index (χ1v) is 6.40. The molecule has 1 N–H and O–H groups in total. The van der Waals surface area contributed by atoms with E-state index in [1.54, 1.807) is 24.3 Å². The summed E-state index contributed by atoms with van der Waals surface area (Å²) in [4.78, 5) is 24.5. The van der Waals surface area contributed by atoms with Crippen LogP contribution < -0.4 is 0 Å². The van der Waals surface area contributed by atoms with Crippen molar-refractivity contribution >= 4 is 18.0 Å². The predicted molar refractivity (Wildman–Crippen MR) is 72.8 cm³/mol. The van der Waals surface area contributed by atoms with Crippen LogP contribution in [0.1, 0.15) is 35.7 Å². The van der Waals surface area contributed by atoms with Crippen LogP contribution in [-0.4, -0.2) is 34.5 Å². The van der Waals surface area contributed by atoms with E-state index in [2.05, 4.69) is 6.92 Å². The SMILES string of the molecule is CC1CCCN1C(=O)c1ccc(C=CC(=O)O)cc1. The van der Waals surface area contributed by atoms with Gasteiger partial charge in [0, 0.05) is 24.2 Å². The van der Waals surface area contributed by atoms with Crippen LogP contribution in [0.3, 0.4) is 0 Å². The first-order chi connectivity index (χ1) is 9.08. The Morgan fingerprint density at radius 1 is 1.32 bits per heavy atom. The largest absolute Gasteiger partial charge is 0.478 e. The molecule has 4 nitrogen and oxygen atoms in total. The number of likely N-dealkylation sites (tertiary alicyclic amines) is 1. The van der Waals surface area contributed by atoms with E-state index in [1.807, 2.05) is 4.90 Å². The monoisotopic (exact) mass is 259 g/mol. The number of aliphatic carboxylic acids is 1. The molecule has 1 fully saturated rings. The van der Waals surface area contributed by atoms with E-state index in [9.17, 15) is 9.59 Å². The number of carboxylic acid groups (broad SMARTS) is 1. The van der Waals surface area contributed by atoms with Crippen molar-refractivity contribution in [1.82, 2.24) is 4.90 Å². The molecular weight excluding hydrogens is 242 g/mol. The lowest BCUT2D eigenvalue weighted by molar-refractivity contribution is -0.131. The van der Waals surface area contributed by atoms with Gasteiger partial charge in [-0.15, -0.1) is 0 Å². The van der Waals surface area contributed by atoms with Crippen molar-refractivity contribution in [2.24, 2.45) is 0 Å². The van der Waals surface area contributed by atoms with E-state index < -0.39 is 5.97 Å². The van der Waals surface area contributed by atoms with Crippen LogP contribution in [0.25, 0.3) is 6.08 Å². The highest BCUT2D eigenvalue weighted by atomic mass is 16.4. The van der Waals surface area contributed by atoms with Gasteiger partial charge >= 0.3 is 5.97 Å². The quantitative estimate of drug-likeness (QED) is 0.848. The summed E-state index contributed by atoms with van der Waals surface area (Å²) in [5, 5.41) is 8.54. The minimum Gasteiger partial charge on any atom is -0.478 e. The highest BCUT2D eigenvalue weighted by molar-refractivity contribution is 5.95. The molecule has 100 valence electrons. The van der Waals surface area contributed by atoms with Gasteiger partial charge in [0.15, 0.2) is 0 Å². The highest BCUT2D eigenvalue weighted by Gasteiger charge is 2.25. The van der Waals surface area contributed by atoms with E-state index in [-0.39, 0.29) is 5.91 Å². The molecule has 0 aliphatic carbocycles. The Labute approximate surface area is 112 Å². The summed E-state index contributed by atoms with van der Waals surface area (Å²) in [7, 11) is 0. The molecule has 1 aromatic carbocycles. The third-order valence-electron chi connectivity index (χ3n) is 3.39. The van der Waals surface area contributed by atoms with E-state index >= 15 is 0 Å². The summed E-state index contributed by atoms with van der Waals surface area (Å²) in [5.74, 6) is -0.926.